The van der Waals surface area contributed by atoms with Gasteiger partial charge in [0.05, 0.1) is 12.5 Å². The van der Waals surface area contributed by atoms with E-state index in [1.165, 1.54) is 0 Å². The van der Waals surface area contributed by atoms with Crippen LogP contribution in [0.1, 0.15) is 58.7 Å². The lowest BCUT2D eigenvalue weighted by molar-refractivity contribution is -0.126. The summed E-state index contributed by atoms with van der Waals surface area (Å²) in [7, 11) is 0. The number of aromatic nitrogens is 2. The van der Waals surface area contributed by atoms with Gasteiger partial charge in [0, 0.05) is 18.0 Å². The summed E-state index contributed by atoms with van der Waals surface area (Å²) < 4.78 is 5.26. The van der Waals surface area contributed by atoms with Gasteiger partial charge in [-0.05, 0) is 33.7 Å². The van der Waals surface area contributed by atoms with Gasteiger partial charge in [-0.15, -0.1) is 0 Å². The smallest absolute Gasteiger partial charge is 0.240 e. The fourth-order valence-corrected chi connectivity index (χ4v) is 2.42. The van der Waals surface area contributed by atoms with E-state index >= 15 is 0 Å². The molecule has 1 aromatic heterocycles. The van der Waals surface area contributed by atoms with E-state index in [1.54, 1.807) is 0 Å². The van der Waals surface area contributed by atoms with Crippen LogP contribution in [0.2, 0.25) is 0 Å². The van der Waals surface area contributed by atoms with Crippen LogP contribution in [0.25, 0.3) is 0 Å². The number of hydrogen-bond donors (Lipinski definition) is 1. The molecule has 2 rings (SSSR count). The Labute approximate surface area is 126 Å². The highest BCUT2D eigenvalue weighted by molar-refractivity contribution is 5.79. The topological polar surface area (TPSA) is 71.3 Å². The van der Waals surface area contributed by atoms with Crippen LogP contribution in [0.3, 0.4) is 0 Å². The van der Waals surface area contributed by atoms with E-state index in [2.05, 4.69) is 20.4 Å². The molecule has 0 spiro atoms. The van der Waals surface area contributed by atoms with Gasteiger partial charge in [0.2, 0.25) is 11.8 Å². The van der Waals surface area contributed by atoms with Crippen molar-refractivity contribution >= 4 is 5.91 Å². The fraction of sp³-hybridized carbons (Fsp3) is 0.800. The lowest BCUT2D eigenvalue weighted by atomic mass is 10.0. The van der Waals surface area contributed by atoms with Crippen molar-refractivity contribution in [2.24, 2.45) is 5.92 Å². The summed E-state index contributed by atoms with van der Waals surface area (Å²) in [4.78, 5) is 18.7. The molecule has 6 heteroatoms. The monoisotopic (exact) mass is 294 g/mol. The molecule has 2 heterocycles. The van der Waals surface area contributed by atoms with Gasteiger partial charge in [0.15, 0.2) is 5.82 Å². The number of amides is 1. The number of nitrogens with zero attached hydrogens (tertiary/aromatic N) is 3. The fourth-order valence-electron chi connectivity index (χ4n) is 2.42. The Balaban J connectivity index is 1.86. The molecule has 1 N–H and O–H groups in total. The van der Waals surface area contributed by atoms with Crippen molar-refractivity contribution in [1.82, 2.24) is 20.4 Å². The van der Waals surface area contributed by atoms with E-state index in [4.69, 9.17) is 4.52 Å². The second kappa shape index (κ2) is 6.13. The highest BCUT2D eigenvalue weighted by Gasteiger charge is 2.30. The Kier molecular flexibility index (Phi) is 4.66. The van der Waals surface area contributed by atoms with Gasteiger partial charge < -0.3 is 9.84 Å². The Hall–Kier alpha value is -1.43. The minimum Gasteiger partial charge on any atom is -0.351 e. The molecule has 1 amide bonds. The van der Waals surface area contributed by atoms with Gasteiger partial charge in [0.1, 0.15) is 0 Å². The number of carbonyl (C=O) groups excluding carboxylic acids is 1. The van der Waals surface area contributed by atoms with Crippen molar-refractivity contribution in [1.29, 1.82) is 0 Å². The van der Waals surface area contributed by atoms with Crippen molar-refractivity contribution in [3.8, 4) is 0 Å². The number of nitrogens with one attached hydrogen (secondary N) is 1. The van der Waals surface area contributed by atoms with Crippen LogP contribution in [-0.4, -0.2) is 39.6 Å². The van der Waals surface area contributed by atoms with Crippen molar-refractivity contribution < 1.29 is 9.32 Å². The third-order valence-corrected chi connectivity index (χ3v) is 3.50. The SMILES string of the molecule is CC(C)c1noc(CN2CCC(C(=O)NC(C)(C)C)C2)n1. The highest BCUT2D eigenvalue weighted by Crippen LogP contribution is 2.20. The minimum absolute atomic E-state index is 0.0525. The first-order valence-corrected chi connectivity index (χ1v) is 7.61. The largest absolute Gasteiger partial charge is 0.351 e. The molecule has 0 aliphatic carbocycles. The van der Waals surface area contributed by atoms with E-state index in [1.807, 2.05) is 34.6 Å². The first-order chi connectivity index (χ1) is 9.74. The summed E-state index contributed by atoms with van der Waals surface area (Å²) in [6.07, 6.45) is 0.882. The van der Waals surface area contributed by atoms with Crippen molar-refractivity contribution in [2.45, 2.75) is 59.0 Å². The standard InChI is InChI=1S/C15H26N4O2/c1-10(2)13-16-12(21-18-13)9-19-7-6-11(8-19)14(20)17-15(3,4)5/h10-11H,6-9H2,1-5H3,(H,17,20). The number of likely N-dealkylation sites (tertiary alicyclic amines) is 1. The van der Waals surface area contributed by atoms with Gasteiger partial charge in [-0.25, -0.2) is 0 Å². The number of carbonyl (C=O) groups is 1. The van der Waals surface area contributed by atoms with E-state index in [0.717, 1.165) is 25.3 Å². The number of hydrogen-bond acceptors (Lipinski definition) is 5. The highest BCUT2D eigenvalue weighted by atomic mass is 16.5. The molecule has 1 aromatic rings. The Morgan fingerprint density at radius 2 is 2.19 bits per heavy atom. The molecule has 0 saturated carbocycles. The van der Waals surface area contributed by atoms with Crippen LogP contribution in [0.4, 0.5) is 0 Å². The van der Waals surface area contributed by atoms with Gasteiger partial charge in [-0.2, -0.15) is 4.98 Å². The average Bonchev–Trinajstić information content (AvgIpc) is 2.96. The van der Waals surface area contributed by atoms with Gasteiger partial charge in [-0.3, -0.25) is 9.69 Å². The van der Waals surface area contributed by atoms with Crippen molar-refractivity contribution in [3.63, 3.8) is 0 Å². The molecular formula is C15H26N4O2. The van der Waals surface area contributed by atoms with Crippen molar-refractivity contribution in [3.05, 3.63) is 11.7 Å². The normalized spacial score (nSPS) is 20.2. The van der Waals surface area contributed by atoms with E-state index in [-0.39, 0.29) is 23.3 Å². The predicted molar refractivity (Wildman–Crippen MR) is 79.7 cm³/mol. The molecule has 1 atom stereocenters. The molecule has 118 valence electrons. The van der Waals surface area contributed by atoms with Crippen LogP contribution in [-0.2, 0) is 11.3 Å². The molecule has 6 nitrogen and oxygen atoms in total. The quantitative estimate of drug-likeness (QED) is 0.918. The Morgan fingerprint density at radius 3 is 2.76 bits per heavy atom. The van der Waals surface area contributed by atoms with E-state index in [0.29, 0.717) is 12.4 Å². The Bertz CT molecular complexity index is 490. The van der Waals surface area contributed by atoms with Crippen LogP contribution in [0.15, 0.2) is 4.52 Å². The lowest BCUT2D eigenvalue weighted by Gasteiger charge is -2.23. The molecule has 21 heavy (non-hydrogen) atoms. The minimum atomic E-state index is -0.177. The average molecular weight is 294 g/mol. The summed E-state index contributed by atoms with van der Waals surface area (Å²) >= 11 is 0. The maximum atomic E-state index is 12.2. The summed E-state index contributed by atoms with van der Waals surface area (Å²) in [6, 6.07) is 0. The predicted octanol–water partition coefficient (Wildman–Crippen LogP) is 1.93. The van der Waals surface area contributed by atoms with Gasteiger partial charge in [-0.1, -0.05) is 19.0 Å². The molecular weight excluding hydrogens is 268 g/mol. The van der Waals surface area contributed by atoms with Crippen LogP contribution >= 0.6 is 0 Å². The zero-order valence-electron chi connectivity index (χ0n) is 13.6. The molecule has 1 aliphatic heterocycles. The lowest BCUT2D eigenvalue weighted by Crippen LogP contribution is -2.44. The van der Waals surface area contributed by atoms with Crippen LogP contribution in [0, 0.1) is 5.92 Å². The molecule has 0 aromatic carbocycles. The number of rotatable bonds is 4. The Morgan fingerprint density at radius 1 is 1.48 bits per heavy atom. The molecule has 0 radical (unpaired) electrons. The maximum Gasteiger partial charge on any atom is 0.240 e. The molecule has 1 fully saturated rings. The summed E-state index contributed by atoms with van der Waals surface area (Å²) in [5.41, 5.74) is -0.177. The van der Waals surface area contributed by atoms with Crippen LogP contribution in [0.5, 0.6) is 0 Å². The van der Waals surface area contributed by atoms with Gasteiger partial charge >= 0.3 is 0 Å². The van der Waals surface area contributed by atoms with Crippen molar-refractivity contribution in [2.75, 3.05) is 13.1 Å². The molecule has 0 bridgehead atoms. The zero-order valence-corrected chi connectivity index (χ0v) is 13.6. The maximum absolute atomic E-state index is 12.2. The zero-order chi connectivity index (χ0) is 15.6. The second-order valence-corrected chi connectivity index (χ2v) is 7.16. The van der Waals surface area contributed by atoms with E-state index in [9.17, 15) is 4.79 Å². The summed E-state index contributed by atoms with van der Waals surface area (Å²) in [5, 5.41) is 7.02. The third kappa shape index (κ3) is 4.52. The first kappa shape index (κ1) is 15.9. The molecule has 1 saturated heterocycles. The summed E-state index contributed by atoms with van der Waals surface area (Å²) in [6.45, 7) is 12.4. The van der Waals surface area contributed by atoms with Crippen LogP contribution < -0.4 is 5.32 Å². The first-order valence-electron chi connectivity index (χ1n) is 7.61. The second-order valence-electron chi connectivity index (χ2n) is 7.16. The summed E-state index contributed by atoms with van der Waals surface area (Å²) in [5.74, 6) is 1.84. The molecule has 1 unspecified atom stereocenters. The van der Waals surface area contributed by atoms with E-state index < -0.39 is 0 Å². The molecule has 1 aliphatic rings. The third-order valence-electron chi connectivity index (χ3n) is 3.50. The van der Waals surface area contributed by atoms with Gasteiger partial charge in [0.25, 0.3) is 0 Å².